The van der Waals surface area contributed by atoms with Crippen LogP contribution in [0.25, 0.3) is 11.8 Å². The Morgan fingerprint density at radius 3 is 2.41 bits per heavy atom. The molecule has 3 nitrogen and oxygen atoms in total. The summed E-state index contributed by atoms with van der Waals surface area (Å²) in [6.45, 7) is 0. The van der Waals surface area contributed by atoms with Crippen LogP contribution in [-0.4, -0.2) is 32.0 Å². The fraction of sp³-hybridized carbons (Fsp3) is 0.222. The lowest BCUT2D eigenvalue weighted by molar-refractivity contribution is 0.353. The van der Waals surface area contributed by atoms with Crippen molar-refractivity contribution in [3.05, 3.63) is 53.6 Å². The number of thioether (sulfide) groups is 1. The molecule has 0 N–H and O–H groups in total. The number of ether oxygens (including phenoxy) is 2. The summed E-state index contributed by atoms with van der Waals surface area (Å²) in [5.41, 5.74) is 3.57. The zero-order valence-electron chi connectivity index (χ0n) is 13.0. The molecule has 0 amide bonds. The molecule has 0 fully saturated rings. The molecule has 1 aliphatic rings. The number of nitrogens with zero attached hydrogens (tertiary/aromatic N) is 1. The lowest BCUT2D eigenvalue weighted by Gasteiger charge is -2.30. The third-order valence-electron chi connectivity index (χ3n) is 3.69. The third kappa shape index (κ3) is 2.79. The summed E-state index contributed by atoms with van der Waals surface area (Å²) in [5, 5.41) is 0. The molecule has 0 unspecified atom stereocenters. The van der Waals surface area contributed by atoms with Gasteiger partial charge in [-0.3, -0.25) is 0 Å². The van der Waals surface area contributed by atoms with E-state index in [1.54, 1.807) is 14.2 Å². The summed E-state index contributed by atoms with van der Waals surface area (Å²) in [4.78, 5) is 3.48. The van der Waals surface area contributed by atoms with E-state index in [2.05, 4.69) is 54.4 Å². The Morgan fingerprint density at radius 2 is 1.73 bits per heavy atom. The zero-order valence-corrected chi connectivity index (χ0v) is 13.8. The van der Waals surface area contributed by atoms with Crippen molar-refractivity contribution in [1.82, 2.24) is 4.90 Å². The highest BCUT2D eigenvalue weighted by Crippen LogP contribution is 2.43. The SMILES string of the molecule is COc1cc2c(cc1OC)/C(=C\c1ccccc1)N(C)CS2. The second-order valence-corrected chi connectivity index (χ2v) is 6.10. The molecule has 2 aromatic carbocycles. The third-order valence-corrected chi connectivity index (χ3v) is 4.85. The van der Waals surface area contributed by atoms with E-state index in [1.165, 1.54) is 21.7 Å². The number of methoxy groups -OCH3 is 2. The van der Waals surface area contributed by atoms with Gasteiger partial charge in [0.15, 0.2) is 11.5 Å². The largest absolute Gasteiger partial charge is 0.493 e. The number of fused-ring (bicyclic) bond motifs is 1. The monoisotopic (exact) mass is 313 g/mol. The van der Waals surface area contributed by atoms with Crippen LogP contribution in [0.3, 0.4) is 0 Å². The number of benzene rings is 2. The molecule has 0 radical (unpaired) electrons. The maximum Gasteiger partial charge on any atom is 0.161 e. The van der Waals surface area contributed by atoms with E-state index in [1.807, 2.05) is 17.8 Å². The van der Waals surface area contributed by atoms with Crippen molar-refractivity contribution >= 4 is 23.5 Å². The Labute approximate surface area is 135 Å². The van der Waals surface area contributed by atoms with Crippen molar-refractivity contribution < 1.29 is 9.47 Å². The summed E-state index contributed by atoms with van der Waals surface area (Å²) in [6, 6.07) is 14.5. The second-order valence-electron chi connectivity index (χ2n) is 5.11. The molecule has 3 rings (SSSR count). The van der Waals surface area contributed by atoms with Gasteiger partial charge in [0.25, 0.3) is 0 Å². The molecule has 4 heteroatoms. The molecule has 0 bridgehead atoms. The first kappa shape index (κ1) is 14.9. The summed E-state index contributed by atoms with van der Waals surface area (Å²) in [7, 11) is 5.45. The van der Waals surface area contributed by atoms with Crippen LogP contribution in [0.4, 0.5) is 0 Å². The van der Waals surface area contributed by atoms with E-state index in [9.17, 15) is 0 Å². The van der Waals surface area contributed by atoms with Crippen molar-refractivity contribution in [3.8, 4) is 11.5 Å². The van der Waals surface area contributed by atoms with Crippen LogP contribution >= 0.6 is 11.8 Å². The topological polar surface area (TPSA) is 21.7 Å². The molecule has 0 aromatic heterocycles. The van der Waals surface area contributed by atoms with E-state index in [0.717, 1.165) is 17.4 Å². The van der Waals surface area contributed by atoms with Gasteiger partial charge in [-0.05, 0) is 23.8 Å². The van der Waals surface area contributed by atoms with E-state index in [-0.39, 0.29) is 0 Å². The number of hydrogen-bond acceptors (Lipinski definition) is 4. The molecule has 0 aliphatic carbocycles. The maximum atomic E-state index is 5.46. The smallest absolute Gasteiger partial charge is 0.161 e. The predicted octanol–water partition coefficient (Wildman–Crippen LogP) is 4.20. The predicted molar refractivity (Wildman–Crippen MR) is 92.3 cm³/mol. The fourth-order valence-corrected chi connectivity index (χ4v) is 3.50. The number of hydrogen-bond donors (Lipinski definition) is 0. The van der Waals surface area contributed by atoms with E-state index >= 15 is 0 Å². The van der Waals surface area contributed by atoms with Crippen molar-refractivity contribution in [2.45, 2.75) is 4.90 Å². The summed E-state index contributed by atoms with van der Waals surface area (Å²) in [5.74, 6) is 2.45. The Bertz CT molecular complexity index is 698. The first-order valence-electron chi connectivity index (χ1n) is 7.10. The molecule has 0 saturated carbocycles. The molecule has 1 aliphatic heterocycles. The van der Waals surface area contributed by atoms with Crippen LogP contribution in [0.2, 0.25) is 0 Å². The van der Waals surface area contributed by atoms with Gasteiger partial charge in [-0.15, -0.1) is 11.8 Å². The van der Waals surface area contributed by atoms with Gasteiger partial charge < -0.3 is 14.4 Å². The average Bonchev–Trinajstić information content (AvgIpc) is 2.57. The average molecular weight is 313 g/mol. The Hall–Kier alpha value is -2.07. The molecular formula is C18H19NO2S. The van der Waals surface area contributed by atoms with Gasteiger partial charge in [-0.2, -0.15) is 0 Å². The minimum absolute atomic E-state index is 0.760. The van der Waals surface area contributed by atoms with Crippen LogP contribution in [0, 0.1) is 0 Å². The maximum absolute atomic E-state index is 5.46. The highest BCUT2D eigenvalue weighted by molar-refractivity contribution is 7.99. The molecule has 114 valence electrons. The first-order valence-corrected chi connectivity index (χ1v) is 8.08. The van der Waals surface area contributed by atoms with Gasteiger partial charge >= 0.3 is 0 Å². The van der Waals surface area contributed by atoms with Gasteiger partial charge in [0.1, 0.15) is 0 Å². The van der Waals surface area contributed by atoms with Crippen LogP contribution in [0.5, 0.6) is 11.5 Å². The van der Waals surface area contributed by atoms with Crippen molar-refractivity contribution in [2.24, 2.45) is 0 Å². The number of rotatable bonds is 3. The Kier molecular flexibility index (Phi) is 4.29. The molecule has 22 heavy (non-hydrogen) atoms. The first-order chi connectivity index (χ1) is 10.7. The highest BCUT2D eigenvalue weighted by Gasteiger charge is 2.22. The fourth-order valence-electron chi connectivity index (χ4n) is 2.52. The Balaban J connectivity index is 2.12. The molecule has 0 atom stereocenters. The molecule has 1 heterocycles. The van der Waals surface area contributed by atoms with E-state index in [4.69, 9.17) is 9.47 Å². The van der Waals surface area contributed by atoms with E-state index < -0.39 is 0 Å². The van der Waals surface area contributed by atoms with Gasteiger partial charge in [0.2, 0.25) is 0 Å². The van der Waals surface area contributed by atoms with Gasteiger partial charge in [0.05, 0.1) is 20.1 Å². The summed E-state index contributed by atoms with van der Waals surface area (Å²) >= 11 is 1.81. The summed E-state index contributed by atoms with van der Waals surface area (Å²) < 4.78 is 10.9. The second kappa shape index (κ2) is 6.36. The van der Waals surface area contributed by atoms with Crippen molar-refractivity contribution in [2.75, 3.05) is 27.1 Å². The van der Waals surface area contributed by atoms with Crippen LogP contribution < -0.4 is 9.47 Å². The highest BCUT2D eigenvalue weighted by atomic mass is 32.2. The van der Waals surface area contributed by atoms with Crippen molar-refractivity contribution in [1.29, 1.82) is 0 Å². The lowest BCUT2D eigenvalue weighted by Crippen LogP contribution is -2.20. The molecule has 2 aromatic rings. The molecule has 0 saturated heterocycles. The van der Waals surface area contributed by atoms with Gasteiger partial charge in [-0.1, -0.05) is 30.3 Å². The van der Waals surface area contributed by atoms with Gasteiger partial charge in [-0.25, -0.2) is 0 Å². The quantitative estimate of drug-likeness (QED) is 0.846. The lowest BCUT2D eigenvalue weighted by atomic mass is 10.1. The minimum atomic E-state index is 0.760. The minimum Gasteiger partial charge on any atom is -0.493 e. The summed E-state index contributed by atoms with van der Waals surface area (Å²) in [6.07, 6.45) is 2.21. The van der Waals surface area contributed by atoms with Crippen LogP contribution in [-0.2, 0) is 0 Å². The van der Waals surface area contributed by atoms with Crippen molar-refractivity contribution in [3.63, 3.8) is 0 Å². The van der Waals surface area contributed by atoms with Gasteiger partial charge in [0, 0.05) is 23.2 Å². The van der Waals surface area contributed by atoms with Crippen LogP contribution in [0.1, 0.15) is 11.1 Å². The molecule has 0 spiro atoms. The zero-order chi connectivity index (χ0) is 15.5. The van der Waals surface area contributed by atoms with Crippen LogP contribution in [0.15, 0.2) is 47.4 Å². The Morgan fingerprint density at radius 1 is 1.05 bits per heavy atom. The standard InChI is InChI=1S/C18H19NO2S/c1-19-12-22-18-11-17(21-3)16(20-2)10-14(18)15(19)9-13-7-5-4-6-8-13/h4-11H,12H2,1-3H3/b15-9+. The normalized spacial score (nSPS) is 15.6. The molecular weight excluding hydrogens is 294 g/mol. The van der Waals surface area contributed by atoms with E-state index in [0.29, 0.717) is 0 Å².